The number of unbranched alkanes of at least 4 members (excludes halogenated alkanes) is 1. The molecule has 124 valence electrons. The number of hydrogen-bond donors (Lipinski definition) is 2. The summed E-state index contributed by atoms with van der Waals surface area (Å²) in [5.41, 5.74) is 6.68. The second-order valence-corrected chi connectivity index (χ2v) is 5.63. The minimum absolute atomic E-state index is 0.00369. The third-order valence-electron chi connectivity index (χ3n) is 3.73. The Hall–Kier alpha value is -2.14. The van der Waals surface area contributed by atoms with E-state index in [0.717, 1.165) is 30.6 Å². The lowest BCUT2D eigenvalue weighted by atomic mass is 10.1. The Balaban J connectivity index is 1.82. The van der Waals surface area contributed by atoms with Crippen LogP contribution < -0.4 is 11.1 Å². The van der Waals surface area contributed by atoms with Gasteiger partial charge in [0, 0.05) is 31.0 Å². The Labute approximate surface area is 137 Å². The van der Waals surface area contributed by atoms with Crippen LogP contribution in [-0.2, 0) is 11.2 Å². The number of benzene rings is 1. The lowest BCUT2D eigenvalue weighted by Gasteiger charge is -2.16. The van der Waals surface area contributed by atoms with Gasteiger partial charge in [0.15, 0.2) is 11.7 Å². The summed E-state index contributed by atoms with van der Waals surface area (Å²) >= 11 is 0. The number of nitrogens with zero attached hydrogens (tertiary/aromatic N) is 1. The van der Waals surface area contributed by atoms with Crippen molar-refractivity contribution in [3.8, 4) is 11.3 Å². The number of aryl methyl sites for hydroxylation is 1. The minimum atomic E-state index is -0.00369. The van der Waals surface area contributed by atoms with E-state index in [4.69, 9.17) is 10.2 Å². The molecule has 1 amide bonds. The van der Waals surface area contributed by atoms with Crippen molar-refractivity contribution >= 4 is 5.91 Å². The SMILES string of the molecule is CCCCC(CN)NC(=O)CCc1ncc(-c2ccccc2)o1. The van der Waals surface area contributed by atoms with Gasteiger partial charge in [-0.1, -0.05) is 50.1 Å². The van der Waals surface area contributed by atoms with E-state index < -0.39 is 0 Å². The number of carbonyl (C=O) groups excluding carboxylic acids is 1. The maximum Gasteiger partial charge on any atom is 0.220 e. The van der Waals surface area contributed by atoms with Crippen molar-refractivity contribution in [3.05, 3.63) is 42.4 Å². The number of nitrogens with one attached hydrogen (secondary N) is 1. The molecule has 0 fully saturated rings. The number of aromatic nitrogens is 1. The van der Waals surface area contributed by atoms with Gasteiger partial charge in [-0.15, -0.1) is 0 Å². The number of carbonyl (C=O) groups is 1. The zero-order valence-electron chi connectivity index (χ0n) is 13.6. The van der Waals surface area contributed by atoms with Crippen molar-refractivity contribution in [1.82, 2.24) is 10.3 Å². The summed E-state index contributed by atoms with van der Waals surface area (Å²) in [6, 6.07) is 9.86. The van der Waals surface area contributed by atoms with Crippen LogP contribution in [0.1, 0.15) is 38.5 Å². The molecule has 3 N–H and O–H groups in total. The maximum atomic E-state index is 12.0. The molecule has 0 saturated carbocycles. The summed E-state index contributed by atoms with van der Waals surface area (Å²) < 4.78 is 5.70. The molecule has 0 radical (unpaired) electrons. The molecular weight excluding hydrogens is 290 g/mol. The molecule has 0 bridgehead atoms. The van der Waals surface area contributed by atoms with Gasteiger partial charge in [-0.05, 0) is 6.42 Å². The van der Waals surface area contributed by atoms with E-state index in [1.54, 1.807) is 6.20 Å². The van der Waals surface area contributed by atoms with Gasteiger partial charge in [-0.3, -0.25) is 4.79 Å². The van der Waals surface area contributed by atoms with Gasteiger partial charge in [-0.2, -0.15) is 0 Å². The molecule has 0 aliphatic carbocycles. The lowest BCUT2D eigenvalue weighted by molar-refractivity contribution is -0.121. The average molecular weight is 315 g/mol. The molecule has 5 nitrogen and oxygen atoms in total. The number of oxazole rings is 1. The number of rotatable bonds is 9. The second kappa shape index (κ2) is 9.10. The molecule has 0 spiro atoms. The molecule has 1 aromatic heterocycles. The van der Waals surface area contributed by atoms with Crippen molar-refractivity contribution in [2.75, 3.05) is 6.54 Å². The molecule has 1 atom stereocenters. The van der Waals surface area contributed by atoms with Crippen LogP contribution in [0.15, 0.2) is 40.9 Å². The number of hydrogen-bond acceptors (Lipinski definition) is 4. The molecular formula is C18H25N3O2. The molecule has 1 heterocycles. The van der Waals surface area contributed by atoms with Gasteiger partial charge in [0.25, 0.3) is 0 Å². The summed E-state index contributed by atoms with van der Waals surface area (Å²) in [5, 5.41) is 2.98. The van der Waals surface area contributed by atoms with Crippen LogP contribution in [-0.4, -0.2) is 23.5 Å². The highest BCUT2D eigenvalue weighted by Gasteiger charge is 2.12. The minimum Gasteiger partial charge on any atom is -0.441 e. The van der Waals surface area contributed by atoms with Crippen LogP contribution in [0.2, 0.25) is 0 Å². The van der Waals surface area contributed by atoms with Gasteiger partial charge < -0.3 is 15.5 Å². The predicted octanol–water partition coefficient (Wildman–Crippen LogP) is 2.91. The van der Waals surface area contributed by atoms with Crippen LogP contribution in [0.3, 0.4) is 0 Å². The van der Waals surface area contributed by atoms with E-state index in [9.17, 15) is 4.79 Å². The van der Waals surface area contributed by atoms with E-state index in [-0.39, 0.29) is 11.9 Å². The molecule has 1 aromatic carbocycles. The van der Waals surface area contributed by atoms with Gasteiger partial charge in [0.1, 0.15) is 0 Å². The quantitative estimate of drug-likeness (QED) is 0.745. The average Bonchev–Trinajstić information content (AvgIpc) is 3.06. The summed E-state index contributed by atoms with van der Waals surface area (Å²) in [7, 11) is 0. The van der Waals surface area contributed by atoms with E-state index in [0.29, 0.717) is 25.3 Å². The molecule has 5 heteroatoms. The molecule has 1 unspecified atom stereocenters. The standard InChI is InChI=1S/C18H25N3O2/c1-2-3-9-15(12-19)21-17(22)10-11-18-20-13-16(23-18)14-7-5-4-6-8-14/h4-8,13,15H,2-3,9-12,19H2,1H3,(H,21,22). The Bertz CT molecular complexity index is 595. The van der Waals surface area contributed by atoms with E-state index in [1.165, 1.54) is 0 Å². The number of amides is 1. The van der Waals surface area contributed by atoms with E-state index in [1.807, 2.05) is 30.3 Å². The van der Waals surface area contributed by atoms with Gasteiger partial charge in [-0.25, -0.2) is 4.98 Å². The van der Waals surface area contributed by atoms with Crippen molar-refractivity contribution in [2.24, 2.45) is 5.73 Å². The van der Waals surface area contributed by atoms with Crippen molar-refractivity contribution in [2.45, 2.75) is 45.1 Å². The van der Waals surface area contributed by atoms with Crippen LogP contribution in [0, 0.1) is 0 Å². The molecule has 2 aromatic rings. The van der Waals surface area contributed by atoms with Crippen LogP contribution in [0.5, 0.6) is 0 Å². The topological polar surface area (TPSA) is 81.1 Å². The molecule has 23 heavy (non-hydrogen) atoms. The maximum absolute atomic E-state index is 12.0. The first-order valence-electron chi connectivity index (χ1n) is 8.22. The van der Waals surface area contributed by atoms with Gasteiger partial charge >= 0.3 is 0 Å². The second-order valence-electron chi connectivity index (χ2n) is 5.63. The van der Waals surface area contributed by atoms with Gasteiger partial charge in [0.05, 0.1) is 6.20 Å². The van der Waals surface area contributed by atoms with E-state index in [2.05, 4.69) is 17.2 Å². The van der Waals surface area contributed by atoms with Crippen LogP contribution >= 0.6 is 0 Å². The smallest absolute Gasteiger partial charge is 0.220 e. The number of nitrogens with two attached hydrogens (primary N) is 1. The first kappa shape index (κ1) is 17.2. The monoisotopic (exact) mass is 315 g/mol. The first-order chi connectivity index (χ1) is 11.2. The Morgan fingerprint density at radius 2 is 2.13 bits per heavy atom. The molecule has 0 saturated heterocycles. The first-order valence-corrected chi connectivity index (χ1v) is 8.22. The van der Waals surface area contributed by atoms with Gasteiger partial charge in [0.2, 0.25) is 5.91 Å². The fourth-order valence-electron chi connectivity index (χ4n) is 2.38. The fraction of sp³-hybridized carbons (Fsp3) is 0.444. The van der Waals surface area contributed by atoms with Crippen LogP contribution in [0.25, 0.3) is 11.3 Å². The summed E-state index contributed by atoms with van der Waals surface area (Å²) in [6.07, 6.45) is 5.65. The third-order valence-corrected chi connectivity index (χ3v) is 3.73. The summed E-state index contributed by atoms with van der Waals surface area (Å²) in [6.45, 7) is 2.60. The van der Waals surface area contributed by atoms with Crippen molar-refractivity contribution in [3.63, 3.8) is 0 Å². The fourth-order valence-corrected chi connectivity index (χ4v) is 2.38. The van der Waals surface area contributed by atoms with E-state index >= 15 is 0 Å². The van der Waals surface area contributed by atoms with Crippen molar-refractivity contribution < 1.29 is 9.21 Å². The Morgan fingerprint density at radius 1 is 1.35 bits per heavy atom. The van der Waals surface area contributed by atoms with Crippen molar-refractivity contribution in [1.29, 1.82) is 0 Å². The zero-order chi connectivity index (χ0) is 16.5. The highest BCUT2D eigenvalue weighted by Crippen LogP contribution is 2.20. The largest absolute Gasteiger partial charge is 0.441 e. The highest BCUT2D eigenvalue weighted by atomic mass is 16.4. The predicted molar refractivity (Wildman–Crippen MR) is 90.8 cm³/mol. The molecule has 2 rings (SSSR count). The Kier molecular flexibility index (Phi) is 6.81. The summed E-state index contributed by atoms with van der Waals surface area (Å²) in [4.78, 5) is 16.2. The lowest BCUT2D eigenvalue weighted by Crippen LogP contribution is -2.40. The Morgan fingerprint density at radius 3 is 2.83 bits per heavy atom. The zero-order valence-corrected chi connectivity index (χ0v) is 13.6. The molecule has 0 aliphatic heterocycles. The van der Waals surface area contributed by atoms with Crippen LogP contribution in [0.4, 0.5) is 0 Å². The normalized spacial score (nSPS) is 12.1. The molecule has 0 aliphatic rings. The summed E-state index contributed by atoms with van der Waals surface area (Å²) in [5.74, 6) is 1.30. The third kappa shape index (κ3) is 5.53. The highest BCUT2D eigenvalue weighted by molar-refractivity contribution is 5.76.